The van der Waals surface area contributed by atoms with Gasteiger partial charge in [0.1, 0.15) is 0 Å². The van der Waals surface area contributed by atoms with Crippen LogP contribution in [0.25, 0.3) is 66.4 Å². The van der Waals surface area contributed by atoms with Gasteiger partial charge in [-0.15, -0.1) is 0 Å². The first kappa shape index (κ1) is 48.1. The Hall–Kier alpha value is -8.52. The summed E-state index contributed by atoms with van der Waals surface area (Å²) in [6.07, 6.45) is 0. The van der Waals surface area contributed by atoms with Gasteiger partial charge in [0.15, 0.2) is 0 Å². The van der Waals surface area contributed by atoms with Gasteiger partial charge in [-0.1, -0.05) is 268 Å². The summed E-state index contributed by atoms with van der Waals surface area (Å²) >= 11 is 0. The van der Waals surface area contributed by atoms with Crippen molar-refractivity contribution < 1.29 is 0 Å². The van der Waals surface area contributed by atoms with Crippen molar-refractivity contribution in [3.8, 4) is 55.6 Å². The molecule has 0 spiro atoms. The van der Waals surface area contributed by atoms with Gasteiger partial charge in [-0.2, -0.15) is 0 Å². The van der Waals surface area contributed by atoms with Crippen molar-refractivity contribution >= 4 is 27.8 Å². The number of anilines is 3. The molecule has 1 nitrogen and oxygen atoms in total. The van der Waals surface area contributed by atoms with Gasteiger partial charge in [0.2, 0.25) is 0 Å². The zero-order valence-corrected chi connectivity index (χ0v) is 45.6. The molecule has 0 atom stereocenters. The van der Waals surface area contributed by atoms with E-state index in [1.165, 1.54) is 111 Å². The molecule has 1 heteroatoms. The van der Waals surface area contributed by atoms with Gasteiger partial charge < -0.3 is 4.90 Å². The van der Waals surface area contributed by atoms with Crippen molar-refractivity contribution in [1.82, 2.24) is 0 Å². The third-order valence-corrected chi connectivity index (χ3v) is 17.1. The molecule has 0 aliphatic heterocycles. The third-order valence-electron chi connectivity index (χ3n) is 17.1. The molecular weight excluding hydrogens is 927 g/mol. The van der Waals surface area contributed by atoms with Crippen LogP contribution in [-0.4, -0.2) is 0 Å². The van der Waals surface area contributed by atoms with E-state index in [1.807, 2.05) is 0 Å². The monoisotopic (exact) mass is 992 g/mol. The van der Waals surface area contributed by atoms with Crippen LogP contribution in [0, 0.1) is 0 Å². The Bertz CT molecular complexity index is 3990. The fraction of sp³-hybridized carbons (Fsp3) is 0.158. The van der Waals surface area contributed by atoms with Gasteiger partial charge in [-0.05, 0) is 153 Å². The molecule has 0 heterocycles. The van der Waals surface area contributed by atoms with Gasteiger partial charge in [0.05, 0.1) is 11.1 Å². The van der Waals surface area contributed by atoms with E-state index in [1.54, 1.807) is 0 Å². The highest BCUT2D eigenvalue weighted by Gasteiger charge is 2.46. The Balaban J connectivity index is 1.04. The molecule has 13 rings (SSSR count). The van der Waals surface area contributed by atoms with Crippen molar-refractivity contribution in [3.05, 3.63) is 293 Å². The van der Waals surface area contributed by atoms with Gasteiger partial charge >= 0.3 is 0 Å². The van der Waals surface area contributed by atoms with E-state index in [-0.39, 0.29) is 16.2 Å². The van der Waals surface area contributed by atoms with Crippen molar-refractivity contribution in [3.63, 3.8) is 0 Å². The summed E-state index contributed by atoms with van der Waals surface area (Å²) in [5.74, 6) is 0. The Morgan fingerprint density at radius 1 is 0.312 bits per heavy atom. The standard InChI is InChI=1S/C76H65N/c1-73(2,3)56-45-53(46-57(48-56)74(4,5)6)60-32-21-23-51-24-22-33-66(72(51)60)65-31-17-20-36-71(65)77(58-40-37-50(38-41-58)52-39-43-63-61-29-15-18-34-67(61)75(7,8)69(63)47-52)59-42-44-64-62-30-16-19-35-68(62)76(70(64)49-59,54-25-11-9-12-26-54)55-27-13-10-14-28-55/h9-49H,1-8H3. The molecule has 0 saturated carbocycles. The highest BCUT2D eigenvalue weighted by Crippen LogP contribution is 2.58. The van der Waals surface area contributed by atoms with Gasteiger partial charge in [-0.3, -0.25) is 0 Å². The van der Waals surface area contributed by atoms with Crippen LogP contribution in [0.15, 0.2) is 249 Å². The number of hydrogen-bond donors (Lipinski definition) is 0. The van der Waals surface area contributed by atoms with Crippen LogP contribution in [0.5, 0.6) is 0 Å². The van der Waals surface area contributed by atoms with Gasteiger partial charge in [0.25, 0.3) is 0 Å². The normalized spacial score (nSPS) is 13.9. The Morgan fingerprint density at radius 2 is 0.792 bits per heavy atom. The van der Waals surface area contributed by atoms with Crippen molar-refractivity contribution in [1.29, 1.82) is 0 Å². The largest absolute Gasteiger partial charge is 0.310 e. The molecular formula is C76H65N. The number of rotatable bonds is 8. The maximum absolute atomic E-state index is 2.52. The molecule has 0 bridgehead atoms. The number of para-hydroxylation sites is 1. The van der Waals surface area contributed by atoms with Crippen LogP contribution in [0.3, 0.4) is 0 Å². The lowest BCUT2D eigenvalue weighted by atomic mass is 9.67. The van der Waals surface area contributed by atoms with E-state index in [4.69, 9.17) is 0 Å². The highest BCUT2D eigenvalue weighted by atomic mass is 15.1. The van der Waals surface area contributed by atoms with Crippen LogP contribution >= 0.6 is 0 Å². The van der Waals surface area contributed by atoms with E-state index in [0.29, 0.717) is 0 Å². The van der Waals surface area contributed by atoms with E-state index in [2.05, 4.69) is 309 Å². The zero-order chi connectivity index (χ0) is 52.8. The van der Waals surface area contributed by atoms with Crippen LogP contribution in [-0.2, 0) is 21.7 Å². The van der Waals surface area contributed by atoms with Crippen LogP contribution in [0.2, 0.25) is 0 Å². The molecule has 374 valence electrons. The van der Waals surface area contributed by atoms with E-state index in [9.17, 15) is 0 Å². The van der Waals surface area contributed by atoms with E-state index >= 15 is 0 Å². The minimum Gasteiger partial charge on any atom is -0.310 e. The lowest BCUT2D eigenvalue weighted by Crippen LogP contribution is -2.28. The fourth-order valence-corrected chi connectivity index (χ4v) is 13.0. The van der Waals surface area contributed by atoms with Crippen LogP contribution < -0.4 is 4.90 Å². The van der Waals surface area contributed by atoms with Crippen LogP contribution in [0.1, 0.15) is 99.9 Å². The Morgan fingerprint density at radius 3 is 1.43 bits per heavy atom. The summed E-state index contributed by atoms with van der Waals surface area (Å²) < 4.78 is 0. The fourth-order valence-electron chi connectivity index (χ4n) is 13.0. The van der Waals surface area contributed by atoms with E-state index < -0.39 is 5.41 Å². The molecule has 11 aromatic carbocycles. The average molecular weight is 992 g/mol. The molecule has 0 unspecified atom stereocenters. The second-order valence-corrected chi connectivity index (χ2v) is 24.1. The summed E-state index contributed by atoms with van der Waals surface area (Å²) in [6, 6.07) is 94.0. The molecule has 0 radical (unpaired) electrons. The quantitative estimate of drug-likeness (QED) is 0.147. The van der Waals surface area contributed by atoms with Gasteiger partial charge in [-0.25, -0.2) is 0 Å². The predicted molar refractivity (Wildman–Crippen MR) is 327 cm³/mol. The first-order valence-electron chi connectivity index (χ1n) is 27.5. The van der Waals surface area contributed by atoms with Crippen molar-refractivity contribution in [2.75, 3.05) is 4.90 Å². The predicted octanol–water partition coefficient (Wildman–Crippen LogP) is 20.6. The topological polar surface area (TPSA) is 3.24 Å². The molecule has 77 heavy (non-hydrogen) atoms. The molecule has 0 N–H and O–H groups in total. The van der Waals surface area contributed by atoms with Crippen molar-refractivity contribution in [2.45, 2.75) is 77.0 Å². The number of nitrogens with zero attached hydrogens (tertiary/aromatic N) is 1. The molecule has 0 aromatic heterocycles. The minimum atomic E-state index is -0.557. The summed E-state index contributed by atoms with van der Waals surface area (Å²) in [5, 5.41) is 2.47. The molecule has 0 fully saturated rings. The molecule has 0 amide bonds. The summed E-state index contributed by atoms with van der Waals surface area (Å²) in [5.41, 5.74) is 25.6. The van der Waals surface area contributed by atoms with Crippen LogP contribution in [0.4, 0.5) is 17.1 Å². The Labute approximate surface area is 456 Å². The molecule has 2 aliphatic rings. The van der Waals surface area contributed by atoms with E-state index in [0.717, 1.165) is 17.1 Å². The lowest BCUT2D eigenvalue weighted by molar-refractivity contribution is 0.569. The second kappa shape index (κ2) is 18.1. The Kier molecular flexibility index (Phi) is 11.3. The zero-order valence-electron chi connectivity index (χ0n) is 45.6. The SMILES string of the molecule is CC(C)(C)c1cc(-c2cccc3cccc(-c4ccccc4N(c4ccc(-c5ccc6c(c5)C(C)(C)c5ccccc5-6)cc4)c4ccc5c(c4)C(c4ccccc4)(c4ccccc4)c4ccccc4-5)c23)cc(C(C)(C)C)c1. The lowest BCUT2D eigenvalue weighted by Gasteiger charge is -2.35. The molecule has 2 aliphatic carbocycles. The maximum Gasteiger partial charge on any atom is 0.0714 e. The average Bonchev–Trinajstić information content (AvgIpc) is 4.11. The smallest absolute Gasteiger partial charge is 0.0714 e. The minimum absolute atomic E-state index is 0.0229. The first-order valence-corrected chi connectivity index (χ1v) is 27.5. The summed E-state index contributed by atoms with van der Waals surface area (Å²) in [4.78, 5) is 2.52. The number of fused-ring (bicyclic) bond motifs is 7. The summed E-state index contributed by atoms with van der Waals surface area (Å²) in [7, 11) is 0. The van der Waals surface area contributed by atoms with Crippen molar-refractivity contribution in [2.24, 2.45) is 0 Å². The third kappa shape index (κ3) is 7.81. The van der Waals surface area contributed by atoms with Gasteiger partial charge in [0, 0.05) is 22.4 Å². The highest BCUT2D eigenvalue weighted by molar-refractivity contribution is 6.09. The first-order chi connectivity index (χ1) is 37.2. The maximum atomic E-state index is 2.52. The molecule has 0 saturated heterocycles. The molecule has 11 aromatic rings. The second-order valence-electron chi connectivity index (χ2n) is 24.1. The number of benzene rings is 11. The summed E-state index contributed by atoms with van der Waals surface area (Å²) in [6.45, 7) is 18.7. The number of hydrogen-bond acceptors (Lipinski definition) is 1.